The molecule has 0 amide bonds. The summed E-state index contributed by atoms with van der Waals surface area (Å²) in [6.45, 7) is 2.99. The van der Waals surface area contributed by atoms with Crippen molar-refractivity contribution in [2.24, 2.45) is 0 Å². The predicted octanol–water partition coefficient (Wildman–Crippen LogP) is 2.72. The van der Waals surface area contributed by atoms with E-state index in [2.05, 4.69) is 45.7 Å². The van der Waals surface area contributed by atoms with Crippen molar-refractivity contribution in [3.05, 3.63) is 54.2 Å². The van der Waals surface area contributed by atoms with Gasteiger partial charge in [-0.3, -0.25) is 0 Å². The Morgan fingerprint density at radius 3 is 3.00 bits per heavy atom. The molecule has 3 heteroatoms. The minimum absolute atomic E-state index is 0.871. The van der Waals surface area contributed by atoms with Gasteiger partial charge in [-0.2, -0.15) is 0 Å². The van der Waals surface area contributed by atoms with Gasteiger partial charge >= 0.3 is 0 Å². The Morgan fingerprint density at radius 1 is 1.31 bits per heavy atom. The molecule has 1 N–H and O–H groups in total. The molecule has 1 aromatic carbocycles. The van der Waals surface area contributed by atoms with Gasteiger partial charge < -0.3 is 9.55 Å². The number of fused-ring (bicyclic) bond motifs is 1. The maximum Gasteiger partial charge on any atom is 0.0949 e. The van der Waals surface area contributed by atoms with Gasteiger partial charge in [0, 0.05) is 34.6 Å². The normalized spacial score (nSPS) is 11.1. The molecule has 0 spiro atoms. The van der Waals surface area contributed by atoms with Crippen molar-refractivity contribution < 1.29 is 0 Å². The number of imidazole rings is 1. The molecule has 0 atom stereocenters. The van der Waals surface area contributed by atoms with Crippen LogP contribution in [0.15, 0.2) is 43.0 Å². The minimum atomic E-state index is 0.871. The van der Waals surface area contributed by atoms with Gasteiger partial charge in [-0.25, -0.2) is 4.98 Å². The molecule has 16 heavy (non-hydrogen) atoms. The van der Waals surface area contributed by atoms with Crippen LogP contribution in [0.2, 0.25) is 0 Å². The molecule has 0 aliphatic rings. The number of nitrogens with zero attached hydrogens (tertiary/aromatic N) is 2. The third-order valence-corrected chi connectivity index (χ3v) is 2.93. The number of aromatic nitrogens is 3. The molecule has 3 aromatic rings. The van der Waals surface area contributed by atoms with Crippen LogP contribution in [0.3, 0.4) is 0 Å². The van der Waals surface area contributed by atoms with E-state index in [-0.39, 0.29) is 0 Å². The average molecular weight is 211 g/mol. The summed E-state index contributed by atoms with van der Waals surface area (Å²) in [5.74, 6) is 0. The van der Waals surface area contributed by atoms with Crippen LogP contribution in [0, 0.1) is 6.92 Å². The lowest BCUT2D eigenvalue weighted by molar-refractivity contribution is 0.796. The molecule has 3 rings (SSSR count). The molecule has 0 fully saturated rings. The van der Waals surface area contributed by atoms with Crippen LogP contribution in [0.25, 0.3) is 10.9 Å². The lowest BCUT2D eigenvalue weighted by atomic mass is 10.1. The highest BCUT2D eigenvalue weighted by atomic mass is 15.0. The molecule has 0 saturated carbocycles. The van der Waals surface area contributed by atoms with Gasteiger partial charge in [-0.15, -0.1) is 0 Å². The first-order valence-electron chi connectivity index (χ1n) is 5.36. The van der Waals surface area contributed by atoms with Crippen molar-refractivity contribution in [3.63, 3.8) is 0 Å². The molecule has 3 nitrogen and oxygen atoms in total. The SMILES string of the molecule is Cc1[nH]c2ccccc2c1Cn1ccnc1. The molecule has 0 radical (unpaired) electrons. The van der Waals surface area contributed by atoms with E-state index in [4.69, 9.17) is 0 Å². The molecule has 0 aliphatic carbocycles. The number of para-hydroxylation sites is 1. The predicted molar refractivity (Wildman–Crippen MR) is 64.4 cm³/mol. The van der Waals surface area contributed by atoms with Gasteiger partial charge in [0.15, 0.2) is 0 Å². The lowest BCUT2D eigenvalue weighted by Gasteiger charge is -2.02. The average Bonchev–Trinajstić information content (AvgIpc) is 2.89. The summed E-state index contributed by atoms with van der Waals surface area (Å²) in [6.07, 6.45) is 5.65. The summed E-state index contributed by atoms with van der Waals surface area (Å²) in [6, 6.07) is 8.40. The molecule has 2 heterocycles. The summed E-state index contributed by atoms with van der Waals surface area (Å²) in [5.41, 5.74) is 3.78. The van der Waals surface area contributed by atoms with E-state index in [1.54, 1.807) is 0 Å². The zero-order valence-corrected chi connectivity index (χ0v) is 9.14. The molecule has 80 valence electrons. The second kappa shape index (κ2) is 3.52. The fourth-order valence-corrected chi connectivity index (χ4v) is 2.10. The largest absolute Gasteiger partial charge is 0.358 e. The van der Waals surface area contributed by atoms with Crippen molar-refractivity contribution in [1.29, 1.82) is 0 Å². The number of aryl methyl sites for hydroxylation is 1. The van der Waals surface area contributed by atoms with Crippen LogP contribution in [0.1, 0.15) is 11.3 Å². The maximum absolute atomic E-state index is 4.07. The molecule has 0 saturated heterocycles. The molecule has 0 unspecified atom stereocenters. The number of nitrogens with one attached hydrogen (secondary N) is 1. The second-order valence-corrected chi connectivity index (χ2v) is 4.01. The number of aromatic amines is 1. The first-order valence-corrected chi connectivity index (χ1v) is 5.36. The van der Waals surface area contributed by atoms with Crippen molar-refractivity contribution in [2.45, 2.75) is 13.5 Å². The van der Waals surface area contributed by atoms with Gasteiger partial charge in [-0.05, 0) is 13.0 Å². The smallest absolute Gasteiger partial charge is 0.0949 e. The Hall–Kier alpha value is -2.03. The first kappa shape index (κ1) is 9.21. The van der Waals surface area contributed by atoms with Gasteiger partial charge in [0.2, 0.25) is 0 Å². The van der Waals surface area contributed by atoms with Crippen molar-refractivity contribution in [2.75, 3.05) is 0 Å². The number of hydrogen-bond donors (Lipinski definition) is 1. The van der Waals surface area contributed by atoms with E-state index in [1.807, 2.05) is 18.7 Å². The standard InChI is InChI=1S/C13H13N3/c1-10-12(8-16-7-6-14-9-16)11-4-2-3-5-13(11)15-10/h2-7,9,15H,8H2,1H3. The molecular formula is C13H13N3. The molecular weight excluding hydrogens is 198 g/mol. The van der Waals surface area contributed by atoms with Crippen LogP contribution >= 0.6 is 0 Å². The van der Waals surface area contributed by atoms with Crippen molar-refractivity contribution in [1.82, 2.24) is 14.5 Å². The Bertz CT molecular complexity index is 605. The summed E-state index contributed by atoms with van der Waals surface area (Å²) >= 11 is 0. The highest BCUT2D eigenvalue weighted by Gasteiger charge is 2.07. The van der Waals surface area contributed by atoms with E-state index in [1.165, 1.54) is 22.2 Å². The Morgan fingerprint density at radius 2 is 2.19 bits per heavy atom. The first-order chi connectivity index (χ1) is 7.84. The summed E-state index contributed by atoms with van der Waals surface area (Å²) in [5, 5.41) is 1.30. The third kappa shape index (κ3) is 1.41. The number of H-pyrrole nitrogens is 1. The van der Waals surface area contributed by atoms with E-state index in [0.717, 1.165) is 6.54 Å². The highest BCUT2D eigenvalue weighted by molar-refractivity contribution is 5.84. The Kier molecular flexibility index (Phi) is 2.03. The van der Waals surface area contributed by atoms with Crippen LogP contribution in [-0.4, -0.2) is 14.5 Å². The van der Waals surface area contributed by atoms with Gasteiger partial charge in [0.25, 0.3) is 0 Å². The highest BCUT2D eigenvalue weighted by Crippen LogP contribution is 2.22. The van der Waals surface area contributed by atoms with Crippen LogP contribution in [0.4, 0.5) is 0 Å². The summed E-state index contributed by atoms with van der Waals surface area (Å²) in [4.78, 5) is 7.47. The number of benzene rings is 1. The van der Waals surface area contributed by atoms with E-state index >= 15 is 0 Å². The Labute approximate surface area is 93.7 Å². The summed E-state index contributed by atoms with van der Waals surface area (Å²) < 4.78 is 2.09. The van der Waals surface area contributed by atoms with E-state index in [9.17, 15) is 0 Å². The summed E-state index contributed by atoms with van der Waals surface area (Å²) in [7, 11) is 0. The topological polar surface area (TPSA) is 33.6 Å². The van der Waals surface area contributed by atoms with Gasteiger partial charge in [0.05, 0.1) is 12.9 Å². The van der Waals surface area contributed by atoms with Crippen LogP contribution < -0.4 is 0 Å². The third-order valence-electron chi connectivity index (χ3n) is 2.93. The fourth-order valence-electron chi connectivity index (χ4n) is 2.10. The maximum atomic E-state index is 4.07. The zero-order valence-electron chi connectivity index (χ0n) is 9.14. The van der Waals surface area contributed by atoms with Gasteiger partial charge in [0.1, 0.15) is 0 Å². The monoisotopic (exact) mass is 211 g/mol. The molecule has 2 aromatic heterocycles. The lowest BCUT2D eigenvalue weighted by Crippen LogP contribution is -1.97. The Balaban J connectivity index is 2.12. The van der Waals surface area contributed by atoms with Crippen molar-refractivity contribution in [3.8, 4) is 0 Å². The van der Waals surface area contributed by atoms with Crippen LogP contribution in [-0.2, 0) is 6.54 Å². The molecule has 0 aliphatic heterocycles. The number of hydrogen-bond acceptors (Lipinski definition) is 1. The van der Waals surface area contributed by atoms with Gasteiger partial charge in [-0.1, -0.05) is 18.2 Å². The quantitative estimate of drug-likeness (QED) is 0.694. The van der Waals surface area contributed by atoms with E-state index in [0.29, 0.717) is 0 Å². The molecule has 0 bridgehead atoms. The zero-order chi connectivity index (χ0) is 11.0. The van der Waals surface area contributed by atoms with Crippen LogP contribution in [0.5, 0.6) is 0 Å². The fraction of sp³-hybridized carbons (Fsp3) is 0.154. The minimum Gasteiger partial charge on any atom is -0.358 e. The van der Waals surface area contributed by atoms with E-state index < -0.39 is 0 Å². The number of rotatable bonds is 2. The van der Waals surface area contributed by atoms with Crippen molar-refractivity contribution >= 4 is 10.9 Å². The second-order valence-electron chi connectivity index (χ2n) is 4.01.